The number of sulfonamides is 1. The van der Waals surface area contributed by atoms with Gasteiger partial charge in [-0.15, -0.1) is 11.3 Å². The molecule has 1 aliphatic rings. The number of carbonyl (C=O) groups is 4. The second-order valence-electron chi connectivity index (χ2n) is 12.3. The van der Waals surface area contributed by atoms with Crippen LogP contribution in [-0.4, -0.2) is 86.9 Å². The Hall–Kier alpha value is -4.55. The van der Waals surface area contributed by atoms with Gasteiger partial charge in [-0.2, -0.15) is 13.2 Å². The predicted octanol–water partition coefficient (Wildman–Crippen LogP) is 3.90. The smallest absolute Gasteiger partial charge is 0.475 e. The number of amides is 3. The second-order valence-corrected chi connectivity index (χ2v) is 15.1. The summed E-state index contributed by atoms with van der Waals surface area (Å²) < 4.78 is 57.6. The summed E-state index contributed by atoms with van der Waals surface area (Å²) in [4.78, 5) is 53.1. The van der Waals surface area contributed by atoms with Crippen molar-refractivity contribution in [2.75, 3.05) is 30.7 Å². The average molecular weight is 769 g/mol. The number of hydrogen-bond acceptors (Lipinski definition) is 9. The van der Waals surface area contributed by atoms with E-state index in [1.807, 2.05) is 49.6 Å². The predicted molar refractivity (Wildman–Crippen MR) is 191 cm³/mol. The Balaban J connectivity index is 0.000000944. The van der Waals surface area contributed by atoms with Crippen molar-refractivity contribution in [3.63, 3.8) is 0 Å². The van der Waals surface area contributed by atoms with Crippen molar-refractivity contribution < 1.29 is 45.9 Å². The minimum Gasteiger partial charge on any atom is -0.475 e. The maximum atomic E-state index is 13.7. The van der Waals surface area contributed by atoms with Crippen molar-refractivity contribution in [2.45, 2.75) is 63.8 Å². The van der Waals surface area contributed by atoms with Crippen molar-refractivity contribution in [2.24, 2.45) is 5.92 Å². The van der Waals surface area contributed by atoms with Crippen LogP contribution in [0.3, 0.4) is 0 Å². The largest absolute Gasteiger partial charge is 0.490 e. The normalized spacial score (nSPS) is 14.5. The van der Waals surface area contributed by atoms with Crippen LogP contribution in [-0.2, 0) is 26.0 Å². The molecule has 3 aromatic rings. The van der Waals surface area contributed by atoms with E-state index in [0.29, 0.717) is 31.8 Å². The van der Waals surface area contributed by atoms with Crippen LogP contribution in [0.25, 0.3) is 0 Å². The maximum absolute atomic E-state index is 13.7. The molecule has 0 aliphatic heterocycles. The number of carboxylic acid groups (broad SMARTS) is 1. The van der Waals surface area contributed by atoms with Gasteiger partial charge in [-0.3, -0.25) is 18.7 Å². The molecule has 1 heterocycles. The fourth-order valence-corrected chi connectivity index (χ4v) is 5.84. The first-order valence-electron chi connectivity index (χ1n) is 16.3. The molecule has 1 fully saturated rings. The molecule has 3 atom stereocenters. The Morgan fingerprint density at radius 1 is 1.04 bits per heavy atom. The van der Waals surface area contributed by atoms with Gasteiger partial charge < -0.3 is 26.4 Å². The standard InChI is InChI=1S/C32H42N6O5S2.C2HF3O2/c1-5-29(32(41)34-17-22-11-12-22)33-18-26(16-27-19-44-20-35-27)37-31(40)25-13-24(14-28(15-25)38(3)45(4,42)43)30(39)36-21(2)23-9-7-6-8-10-23;3-2(4,5)1(6)7/h6-10,13-15,19-22,26,29,33H,5,11-12,16-18H2,1-4H3,(H,34,41)(H,36,39)(H,37,40);(H,6,7)/t21-,26+,29+;/m1./s1. The minimum absolute atomic E-state index is 0.0694. The van der Waals surface area contributed by atoms with Crippen molar-refractivity contribution in [1.82, 2.24) is 26.3 Å². The zero-order valence-electron chi connectivity index (χ0n) is 29.1. The van der Waals surface area contributed by atoms with E-state index in [1.54, 1.807) is 5.51 Å². The lowest BCUT2D eigenvalue weighted by Crippen LogP contribution is -2.50. The number of alkyl halides is 3. The molecule has 4 rings (SSSR count). The molecule has 0 radical (unpaired) electrons. The first-order chi connectivity index (χ1) is 24.4. The van der Waals surface area contributed by atoms with Crippen LogP contribution in [0.15, 0.2) is 59.4 Å². The van der Waals surface area contributed by atoms with E-state index in [-0.39, 0.29) is 28.8 Å². The van der Waals surface area contributed by atoms with Gasteiger partial charge in [0, 0.05) is 49.1 Å². The number of nitrogens with zero attached hydrogens (tertiary/aromatic N) is 2. The molecule has 1 aromatic heterocycles. The summed E-state index contributed by atoms with van der Waals surface area (Å²) in [6.45, 7) is 4.74. The third kappa shape index (κ3) is 13.5. The lowest BCUT2D eigenvalue weighted by atomic mass is 10.0. The van der Waals surface area contributed by atoms with Crippen molar-refractivity contribution >= 4 is 50.7 Å². The molecule has 1 saturated carbocycles. The summed E-state index contributed by atoms with van der Waals surface area (Å²) in [7, 11) is -2.32. The van der Waals surface area contributed by atoms with Crippen molar-refractivity contribution in [3.8, 4) is 0 Å². The number of nitrogens with one attached hydrogen (secondary N) is 4. The summed E-state index contributed by atoms with van der Waals surface area (Å²) in [5, 5.41) is 21.3. The molecule has 13 nitrogen and oxygen atoms in total. The molecule has 1 aliphatic carbocycles. The Morgan fingerprint density at radius 3 is 2.13 bits per heavy atom. The maximum Gasteiger partial charge on any atom is 0.490 e. The van der Waals surface area contributed by atoms with Crippen LogP contribution >= 0.6 is 11.3 Å². The number of aromatic nitrogens is 1. The van der Waals surface area contributed by atoms with Gasteiger partial charge in [0.2, 0.25) is 15.9 Å². The first-order valence-corrected chi connectivity index (χ1v) is 19.1. The van der Waals surface area contributed by atoms with Crippen LogP contribution in [0.4, 0.5) is 18.9 Å². The highest BCUT2D eigenvalue weighted by atomic mass is 32.2. The molecule has 0 saturated heterocycles. The molecule has 0 spiro atoms. The van der Waals surface area contributed by atoms with Crippen LogP contribution in [0, 0.1) is 5.92 Å². The van der Waals surface area contributed by atoms with Crippen LogP contribution in [0.1, 0.15) is 71.1 Å². The summed E-state index contributed by atoms with van der Waals surface area (Å²) in [5.74, 6) is -3.20. The highest BCUT2D eigenvalue weighted by molar-refractivity contribution is 7.92. The first kappa shape index (κ1) is 41.9. The number of carboxylic acids is 1. The van der Waals surface area contributed by atoms with E-state index in [2.05, 4.69) is 26.3 Å². The highest BCUT2D eigenvalue weighted by Crippen LogP contribution is 2.27. The van der Waals surface area contributed by atoms with Crippen molar-refractivity contribution in [3.05, 3.63) is 81.8 Å². The van der Waals surface area contributed by atoms with Gasteiger partial charge >= 0.3 is 12.1 Å². The summed E-state index contributed by atoms with van der Waals surface area (Å²) in [5.41, 5.74) is 3.85. The summed E-state index contributed by atoms with van der Waals surface area (Å²) in [6.07, 6.45) is -0.760. The van der Waals surface area contributed by atoms with Gasteiger partial charge in [0.15, 0.2) is 0 Å². The van der Waals surface area contributed by atoms with Gasteiger partial charge in [0.1, 0.15) is 0 Å². The van der Waals surface area contributed by atoms with E-state index < -0.39 is 46.1 Å². The number of carbonyl (C=O) groups excluding carboxylic acids is 3. The van der Waals surface area contributed by atoms with Gasteiger partial charge in [0.05, 0.1) is 35.2 Å². The molecule has 5 N–H and O–H groups in total. The molecule has 0 unspecified atom stereocenters. The second kappa shape index (κ2) is 18.8. The van der Waals surface area contributed by atoms with Crippen LogP contribution in [0.2, 0.25) is 0 Å². The number of anilines is 1. The Bertz CT molecular complexity index is 1770. The number of halogens is 3. The van der Waals surface area contributed by atoms with Gasteiger partial charge in [-0.1, -0.05) is 37.3 Å². The third-order valence-corrected chi connectivity index (χ3v) is 9.91. The van der Waals surface area contributed by atoms with E-state index in [4.69, 9.17) is 9.90 Å². The number of thiazole rings is 1. The van der Waals surface area contributed by atoms with E-state index in [0.717, 1.165) is 34.7 Å². The zero-order valence-corrected chi connectivity index (χ0v) is 30.7. The Morgan fingerprint density at radius 2 is 1.63 bits per heavy atom. The summed E-state index contributed by atoms with van der Waals surface area (Å²) in [6, 6.07) is 12.6. The molecule has 3 amide bonds. The Kier molecular flexibility index (Phi) is 15.1. The van der Waals surface area contributed by atoms with Crippen LogP contribution in [0.5, 0.6) is 0 Å². The van der Waals surface area contributed by atoms with Gasteiger partial charge in [-0.05, 0) is 55.9 Å². The van der Waals surface area contributed by atoms with Gasteiger partial charge in [-0.25, -0.2) is 18.2 Å². The quantitative estimate of drug-likeness (QED) is 0.144. The van der Waals surface area contributed by atoms with Gasteiger partial charge in [0.25, 0.3) is 11.8 Å². The third-order valence-electron chi connectivity index (χ3n) is 8.06. The van der Waals surface area contributed by atoms with Crippen LogP contribution < -0.4 is 25.6 Å². The SMILES string of the molecule is CC[C@H](NC[C@H](Cc1cscn1)NC(=O)c1cc(C(=O)N[C@H](C)c2ccccc2)cc(N(C)S(C)(=O)=O)c1)C(=O)NCC1CC1.O=C(O)C(F)(F)F. The van der Waals surface area contributed by atoms with E-state index in [1.165, 1.54) is 36.6 Å². The zero-order chi connectivity index (χ0) is 38.6. The molecule has 2 aromatic carbocycles. The Labute approximate surface area is 304 Å². The molecule has 52 heavy (non-hydrogen) atoms. The topological polar surface area (TPSA) is 187 Å². The monoisotopic (exact) mass is 768 g/mol. The number of aliphatic carboxylic acids is 1. The molecule has 18 heteroatoms. The lowest BCUT2D eigenvalue weighted by molar-refractivity contribution is -0.192. The fraction of sp³-hybridized carbons (Fsp3) is 0.441. The number of rotatable bonds is 16. The average Bonchev–Trinajstić information content (AvgIpc) is 3.79. The number of benzene rings is 2. The molecule has 0 bridgehead atoms. The molecular weight excluding hydrogens is 726 g/mol. The lowest BCUT2D eigenvalue weighted by Gasteiger charge is -2.24. The summed E-state index contributed by atoms with van der Waals surface area (Å²) >= 11 is 1.45. The van der Waals surface area contributed by atoms with E-state index in [9.17, 15) is 36.0 Å². The molecular formula is C34H43F3N6O7S2. The van der Waals surface area contributed by atoms with Crippen molar-refractivity contribution in [1.29, 1.82) is 0 Å². The van der Waals surface area contributed by atoms with E-state index >= 15 is 0 Å². The number of hydrogen-bond donors (Lipinski definition) is 5. The molecule has 284 valence electrons. The highest BCUT2D eigenvalue weighted by Gasteiger charge is 2.38. The fourth-order valence-electron chi connectivity index (χ4n) is 4.78. The minimum atomic E-state index is -5.08.